The third-order valence-corrected chi connectivity index (χ3v) is 4.46. The topological polar surface area (TPSA) is 61.4 Å². The number of piperazine rings is 1. The van der Waals surface area contributed by atoms with Crippen LogP contribution in [0.2, 0.25) is 0 Å². The van der Waals surface area contributed by atoms with Crippen LogP contribution in [0, 0.1) is 0 Å². The van der Waals surface area contributed by atoms with E-state index in [1.54, 1.807) is 0 Å². The summed E-state index contributed by atoms with van der Waals surface area (Å²) in [5, 5.41) is 6.11. The minimum Gasteiger partial charge on any atom is -0.352 e. The highest BCUT2D eigenvalue weighted by molar-refractivity contribution is 5.94. The summed E-state index contributed by atoms with van der Waals surface area (Å²) >= 11 is 0. The fourth-order valence-corrected chi connectivity index (χ4v) is 2.86. The minimum atomic E-state index is -0.128. The van der Waals surface area contributed by atoms with Gasteiger partial charge in [0.1, 0.15) is 0 Å². The molecular formula is C19H29N3O2. The maximum atomic E-state index is 12.2. The van der Waals surface area contributed by atoms with Gasteiger partial charge >= 0.3 is 0 Å². The second-order valence-electron chi connectivity index (χ2n) is 7.47. The molecule has 0 aromatic heterocycles. The Morgan fingerprint density at radius 1 is 1.25 bits per heavy atom. The standard InChI is InChI=1S/C19H29N3O2/c1-14-13-20-11-12-22(14)17(23)9-10-21-18(24)15-5-7-16(8-6-15)19(2,3)4/h5-8,14,20H,9-13H2,1-4H3,(H,21,24)/t14-/m0/s1. The van der Waals surface area contributed by atoms with Crippen LogP contribution in [0.1, 0.15) is 50.0 Å². The van der Waals surface area contributed by atoms with Gasteiger partial charge in [-0.2, -0.15) is 0 Å². The predicted molar refractivity (Wildman–Crippen MR) is 96.1 cm³/mol. The van der Waals surface area contributed by atoms with Crippen molar-refractivity contribution in [2.45, 2.75) is 45.6 Å². The summed E-state index contributed by atoms with van der Waals surface area (Å²) in [4.78, 5) is 26.3. The highest BCUT2D eigenvalue weighted by Gasteiger charge is 2.22. The van der Waals surface area contributed by atoms with E-state index in [0.29, 0.717) is 18.5 Å². The van der Waals surface area contributed by atoms with Gasteiger partial charge in [-0.25, -0.2) is 0 Å². The van der Waals surface area contributed by atoms with Crippen LogP contribution in [-0.2, 0) is 10.2 Å². The minimum absolute atomic E-state index is 0.0709. The van der Waals surface area contributed by atoms with E-state index in [2.05, 4.69) is 31.4 Å². The molecule has 0 radical (unpaired) electrons. The Kier molecular flexibility index (Phi) is 5.99. The van der Waals surface area contributed by atoms with E-state index in [1.165, 1.54) is 5.56 Å². The molecular weight excluding hydrogens is 302 g/mol. The van der Waals surface area contributed by atoms with Crippen LogP contribution in [0.3, 0.4) is 0 Å². The molecule has 5 nitrogen and oxygen atoms in total. The molecule has 5 heteroatoms. The number of carbonyl (C=O) groups is 2. The molecule has 2 rings (SSSR count). The molecule has 1 aliphatic rings. The molecule has 0 aliphatic carbocycles. The summed E-state index contributed by atoms with van der Waals surface area (Å²) in [7, 11) is 0. The summed E-state index contributed by atoms with van der Waals surface area (Å²) in [5.41, 5.74) is 1.90. The Morgan fingerprint density at radius 2 is 1.92 bits per heavy atom. The zero-order valence-electron chi connectivity index (χ0n) is 15.2. The number of amides is 2. The molecule has 0 spiro atoms. The van der Waals surface area contributed by atoms with E-state index in [4.69, 9.17) is 0 Å². The number of nitrogens with zero attached hydrogens (tertiary/aromatic N) is 1. The smallest absolute Gasteiger partial charge is 0.251 e. The van der Waals surface area contributed by atoms with Gasteiger partial charge in [0.25, 0.3) is 5.91 Å². The van der Waals surface area contributed by atoms with E-state index in [1.807, 2.05) is 36.1 Å². The lowest BCUT2D eigenvalue weighted by Gasteiger charge is -2.34. The van der Waals surface area contributed by atoms with Gasteiger partial charge in [-0.05, 0) is 30.0 Å². The summed E-state index contributed by atoms with van der Waals surface area (Å²) in [5.74, 6) is -0.0241. The van der Waals surface area contributed by atoms with Crippen molar-refractivity contribution in [3.8, 4) is 0 Å². The molecule has 0 unspecified atom stereocenters. The fourth-order valence-electron chi connectivity index (χ4n) is 2.86. The van der Waals surface area contributed by atoms with E-state index >= 15 is 0 Å². The van der Waals surface area contributed by atoms with Crippen LogP contribution in [0.5, 0.6) is 0 Å². The molecule has 1 aliphatic heterocycles. The molecule has 1 aromatic carbocycles. The Morgan fingerprint density at radius 3 is 2.50 bits per heavy atom. The molecule has 1 aromatic rings. The normalized spacial score (nSPS) is 18.3. The van der Waals surface area contributed by atoms with Crippen LogP contribution in [0.15, 0.2) is 24.3 Å². The molecule has 0 bridgehead atoms. The van der Waals surface area contributed by atoms with Crippen molar-refractivity contribution in [1.29, 1.82) is 0 Å². The summed E-state index contributed by atoms with van der Waals surface area (Å²) < 4.78 is 0. The maximum Gasteiger partial charge on any atom is 0.251 e. The highest BCUT2D eigenvalue weighted by Crippen LogP contribution is 2.22. The molecule has 24 heavy (non-hydrogen) atoms. The zero-order chi connectivity index (χ0) is 17.7. The van der Waals surface area contributed by atoms with Gasteiger partial charge in [-0.3, -0.25) is 9.59 Å². The molecule has 132 valence electrons. The van der Waals surface area contributed by atoms with Crippen molar-refractivity contribution >= 4 is 11.8 Å². The SMILES string of the molecule is C[C@H]1CNCCN1C(=O)CCNC(=O)c1ccc(C(C)(C)C)cc1. The molecule has 1 saturated heterocycles. The van der Waals surface area contributed by atoms with Gasteiger partial charge in [-0.1, -0.05) is 32.9 Å². The lowest BCUT2D eigenvalue weighted by Crippen LogP contribution is -2.52. The number of rotatable bonds is 4. The van der Waals surface area contributed by atoms with Crippen molar-refractivity contribution in [2.75, 3.05) is 26.2 Å². The third kappa shape index (κ3) is 4.81. The molecule has 0 saturated carbocycles. The average Bonchev–Trinajstić information content (AvgIpc) is 2.54. The molecule has 1 atom stereocenters. The Labute approximate surface area is 144 Å². The van der Waals surface area contributed by atoms with Crippen LogP contribution < -0.4 is 10.6 Å². The van der Waals surface area contributed by atoms with Gasteiger partial charge in [0.2, 0.25) is 5.91 Å². The maximum absolute atomic E-state index is 12.2. The zero-order valence-corrected chi connectivity index (χ0v) is 15.2. The summed E-state index contributed by atoms with van der Waals surface area (Å²) in [6, 6.07) is 7.88. The van der Waals surface area contributed by atoms with Crippen molar-refractivity contribution < 1.29 is 9.59 Å². The lowest BCUT2D eigenvalue weighted by molar-refractivity contribution is -0.133. The van der Waals surface area contributed by atoms with Gasteiger partial charge in [-0.15, -0.1) is 0 Å². The van der Waals surface area contributed by atoms with Crippen molar-refractivity contribution in [2.24, 2.45) is 0 Å². The number of carbonyl (C=O) groups excluding carboxylic acids is 2. The second kappa shape index (κ2) is 7.79. The van der Waals surface area contributed by atoms with Gasteiger partial charge in [0.15, 0.2) is 0 Å². The molecule has 2 N–H and O–H groups in total. The summed E-state index contributed by atoms with van der Waals surface area (Å²) in [6.45, 7) is 11.2. The van der Waals surface area contributed by atoms with E-state index in [-0.39, 0.29) is 23.3 Å². The fraction of sp³-hybridized carbons (Fsp3) is 0.579. The van der Waals surface area contributed by atoms with Crippen molar-refractivity contribution in [3.05, 3.63) is 35.4 Å². The highest BCUT2D eigenvalue weighted by atomic mass is 16.2. The second-order valence-corrected chi connectivity index (χ2v) is 7.47. The van der Waals surface area contributed by atoms with Crippen LogP contribution >= 0.6 is 0 Å². The van der Waals surface area contributed by atoms with Crippen LogP contribution in [-0.4, -0.2) is 48.9 Å². The van der Waals surface area contributed by atoms with Crippen LogP contribution in [0.4, 0.5) is 0 Å². The van der Waals surface area contributed by atoms with Gasteiger partial charge in [0, 0.05) is 44.2 Å². The number of benzene rings is 1. The van der Waals surface area contributed by atoms with Crippen molar-refractivity contribution in [3.63, 3.8) is 0 Å². The first-order valence-electron chi connectivity index (χ1n) is 8.68. The van der Waals surface area contributed by atoms with E-state index in [0.717, 1.165) is 19.6 Å². The molecule has 2 amide bonds. The largest absolute Gasteiger partial charge is 0.352 e. The average molecular weight is 331 g/mol. The van der Waals surface area contributed by atoms with Gasteiger partial charge < -0.3 is 15.5 Å². The van der Waals surface area contributed by atoms with Crippen molar-refractivity contribution in [1.82, 2.24) is 15.5 Å². The van der Waals surface area contributed by atoms with Crippen LogP contribution in [0.25, 0.3) is 0 Å². The number of nitrogens with one attached hydrogen (secondary N) is 2. The first-order chi connectivity index (χ1) is 11.3. The Balaban J connectivity index is 1.81. The molecule has 1 fully saturated rings. The lowest BCUT2D eigenvalue weighted by atomic mass is 9.87. The number of hydrogen-bond donors (Lipinski definition) is 2. The molecule has 1 heterocycles. The Hall–Kier alpha value is -1.88. The Bertz CT molecular complexity index is 575. The quantitative estimate of drug-likeness (QED) is 0.886. The first-order valence-corrected chi connectivity index (χ1v) is 8.68. The monoisotopic (exact) mass is 331 g/mol. The first kappa shape index (κ1) is 18.5. The van der Waals surface area contributed by atoms with Gasteiger partial charge in [0.05, 0.1) is 0 Å². The van der Waals surface area contributed by atoms with E-state index in [9.17, 15) is 9.59 Å². The van der Waals surface area contributed by atoms with E-state index < -0.39 is 0 Å². The third-order valence-electron chi connectivity index (χ3n) is 4.46. The summed E-state index contributed by atoms with van der Waals surface area (Å²) in [6.07, 6.45) is 0.343. The number of hydrogen-bond acceptors (Lipinski definition) is 3. The predicted octanol–water partition coefficient (Wildman–Crippen LogP) is 1.92.